The summed E-state index contributed by atoms with van der Waals surface area (Å²) in [5.41, 5.74) is 5.15. The molecule has 0 spiro atoms. The summed E-state index contributed by atoms with van der Waals surface area (Å²) in [5.74, 6) is 6.79. The second kappa shape index (κ2) is 8.61. The lowest BCUT2D eigenvalue weighted by molar-refractivity contribution is 0.119. The molecule has 0 aliphatic heterocycles. The van der Waals surface area contributed by atoms with E-state index in [0.29, 0.717) is 5.92 Å². The molecule has 3 aromatic rings. The van der Waals surface area contributed by atoms with Crippen LogP contribution in [0.15, 0.2) is 66.9 Å². The summed E-state index contributed by atoms with van der Waals surface area (Å²) in [6.07, 6.45) is 5.75. The summed E-state index contributed by atoms with van der Waals surface area (Å²) in [6, 6.07) is 20.1. The molecule has 1 aliphatic carbocycles. The van der Waals surface area contributed by atoms with Gasteiger partial charge in [0.05, 0.1) is 6.10 Å². The molecule has 1 heterocycles. The van der Waals surface area contributed by atoms with Crippen LogP contribution >= 0.6 is 11.6 Å². The molecule has 0 bridgehead atoms. The predicted octanol–water partition coefficient (Wildman–Crippen LogP) is 5.82. The average molecular weight is 388 g/mol. The molecule has 2 unspecified atom stereocenters. The lowest BCUT2D eigenvalue weighted by atomic mass is 9.82. The number of rotatable bonds is 2. The van der Waals surface area contributed by atoms with E-state index in [2.05, 4.69) is 41.1 Å². The number of benzene rings is 2. The van der Waals surface area contributed by atoms with Crippen molar-refractivity contribution in [2.75, 3.05) is 0 Å². The highest BCUT2D eigenvalue weighted by molar-refractivity contribution is 6.30. The molecule has 0 amide bonds. The Balaban J connectivity index is 1.44. The summed E-state index contributed by atoms with van der Waals surface area (Å²) in [5, 5.41) is 10.6. The van der Waals surface area contributed by atoms with Crippen molar-refractivity contribution in [3.8, 4) is 23.0 Å². The molecule has 4 rings (SSSR count). The number of halogens is 1. The Kier molecular flexibility index (Phi) is 5.76. The van der Waals surface area contributed by atoms with E-state index in [-0.39, 0.29) is 6.10 Å². The van der Waals surface area contributed by atoms with Crippen LogP contribution < -0.4 is 0 Å². The van der Waals surface area contributed by atoms with Gasteiger partial charge in [0, 0.05) is 22.3 Å². The smallest absolute Gasteiger partial charge is 0.113 e. The van der Waals surface area contributed by atoms with Crippen molar-refractivity contribution in [1.29, 1.82) is 0 Å². The number of aromatic nitrogens is 1. The van der Waals surface area contributed by atoms with Gasteiger partial charge in [-0.05, 0) is 72.6 Å². The molecular formula is C25H22ClNO. The Bertz CT molecular complexity index is 982. The van der Waals surface area contributed by atoms with Crippen molar-refractivity contribution in [3.05, 3.63) is 88.7 Å². The SMILES string of the molecule is OC1CCCC(c2ccc(C#Cc3ccc(-c4ccc(Cl)cc4)cn3)cc2)C1. The van der Waals surface area contributed by atoms with E-state index < -0.39 is 0 Å². The summed E-state index contributed by atoms with van der Waals surface area (Å²) < 4.78 is 0. The first-order chi connectivity index (χ1) is 13.7. The maximum atomic E-state index is 9.87. The van der Waals surface area contributed by atoms with E-state index in [0.717, 1.165) is 53.1 Å². The molecule has 1 aromatic heterocycles. The van der Waals surface area contributed by atoms with Gasteiger partial charge in [-0.3, -0.25) is 0 Å². The predicted molar refractivity (Wildman–Crippen MR) is 114 cm³/mol. The highest BCUT2D eigenvalue weighted by atomic mass is 35.5. The molecule has 28 heavy (non-hydrogen) atoms. The second-order valence-corrected chi connectivity index (χ2v) is 7.76. The normalized spacial score (nSPS) is 18.9. The van der Waals surface area contributed by atoms with Crippen LogP contribution in [0.2, 0.25) is 5.02 Å². The lowest BCUT2D eigenvalue weighted by Crippen LogP contribution is -2.18. The first-order valence-electron chi connectivity index (χ1n) is 9.69. The maximum Gasteiger partial charge on any atom is 0.113 e. The van der Waals surface area contributed by atoms with Crippen LogP contribution in [0.4, 0.5) is 0 Å². The number of aliphatic hydroxyl groups excluding tert-OH is 1. The van der Waals surface area contributed by atoms with Gasteiger partial charge in [0.15, 0.2) is 0 Å². The van der Waals surface area contributed by atoms with Crippen LogP contribution in [0.5, 0.6) is 0 Å². The molecule has 1 fully saturated rings. The summed E-state index contributed by atoms with van der Waals surface area (Å²) in [4.78, 5) is 4.46. The minimum Gasteiger partial charge on any atom is -0.393 e. The van der Waals surface area contributed by atoms with Crippen molar-refractivity contribution in [2.24, 2.45) is 0 Å². The van der Waals surface area contributed by atoms with Crippen LogP contribution in [0.1, 0.15) is 48.4 Å². The Hall–Kier alpha value is -2.60. The van der Waals surface area contributed by atoms with Crippen molar-refractivity contribution < 1.29 is 5.11 Å². The molecule has 1 aliphatic rings. The van der Waals surface area contributed by atoms with Gasteiger partial charge in [0.1, 0.15) is 5.69 Å². The van der Waals surface area contributed by atoms with Gasteiger partial charge in [0.25, 0.3) is 0 Å². The zero-order chi connectivity index (χ0) is 19.3. The summed E-state index contributed by atoms with van der Waals surface area (Å²) >= 11 is 5.94. The first kappa shape index (κ1) is 18.7. The molecule has 2 aromatic carbocycles. The van der Waals surface area contributed by atoms with E-state index in [1.807, 2.05) is 42.6 Å². The standard InChI is InChI=1S/C25H22ClNO/c26-23-12-9-20(10-13-23)22-11-15-24(27-17-22)14-6-18-4-7-19(8-5-18)21-2-1-3-25(28)16-21/h4-5,7-13,15,17,21,25,28H,1-3,16H2. The number of nitrogens with zero attached hydrogens (tertiary/aromatic N) is 1. The van der Waals surface area contributed by atoms with Crippen LogP contribution in [0, 0.1) is 11.8 Å². The van der Waals surface area contributed by atoms with Gasteiger partial charge in [-0.1, -0.05) is 54.3 Å². The summed E-state index contributed by atoms with van der Waals surface area (Å²) in [7, 11) is 0. The van der Waals surface area contributed by atoms with E-state index in [1.54, 1.807) is 0 Å². The molecule has 2 nitrogen and oxygen atoms in total. The molecule has 0 radical (unpaired) electrons. The van der Waals surface area contributed by atoms with E-state index in [4.69, 9.17) is 11.6 Å². The molecular weight excluding hydrogens is 366 g/mol. The van der Waals surface area contributed by atoms with E-state index in [1.165, 1.54) is 5.56 Å². The Morgan fingerprint density at radius 2 is 1.61 bits per heavy atom. The zero-order valence-corrected chi connectivity index (χ0v) is 16.4. The number of aliphatic hydroxyl groups is 1. The van der Waals surface area contributed by atoms with Crippen LogP contribution in [-0.4, -0.2) is 16.2 Å². The monoisotopic (exact) mass is 387 g/mol. The Morgan fingerprint density at radius 1 is 0.857 bits per heavy atom. The molecule has 2 atom stereocenters. The van der Waals surface area contributed by atoms with E-state index in [9.17, 15) is 5.11 Å². The third kappa shape index (κ3) is 4.62. The molecule has 0 saturated heterocycles. The fourth-order valence-corrected chi connectivity index (χ4v) is 3.85. The minimum atomic E-state index is -0.153. The third-order valence-electron chi connectivity index (χ3n) is 5.30. The molecule has 140 valence electrons. The number of hydrogen-bond donors (Lipinski definition) is 1. The number of hydrogen-bond acceptors (Lipinski definition) is 2. The van der Waals surface area contributed by atoms with Crippen LogP contribution in [0.25, 0.3) is 11.1 Å². The highest BCUT2D eigenvalue weighted by Gasteiger charge is 2.21. The van der Waals surface area contributed by atoms with Crippen molar-refractivity contribution in [1.82, 2.24) is 4.98 Å². The van der Waals surface area contributed by atoms with Gasteiger partial charge in [-0.2, -0.15) is 0 Å². The lowest BCUT2D eigenvalue weighted by Gasteiger charge is -2.26. The molecule has 1 N–H and O–H groups in total. The topological polar surface area (TPSA) is 33.1 Å². The maximum absolute atomic E-state index is 9.87. The fourth-order valence-electron chi connectivity index (χ4n) is 3.72. The van der Waals surface area contributed by atoms with Crippen molar-refractivity contribution >= 4 is 11.6 Å². The van der Waals surface area contributed by atoms with Crippen molar-refractivity contribution in [2.45, 2.75) is 37.7 Å². The second-order valence-electron chi connectivity index (χ2n) is 7.33. The van der Waals surface area contributed by atoms with Gasteiger partial charge < -0.3 is 5.11 Å². The van der Waals surface area contributed by atoms with E-state index >= 15 is 0 Å². The fraction of sp³-hybridized carbons (Fsp3) is 0.240. The first-order valence-corrected chi connectivity index (χ1v) is 10.1. The number of pyridine rings is 1. The van der Waals surface area contributed by atoms with Gasteiger partial charge in [-0.25, -0.2) is 4.98 Å². The van der Waals surface area contributed by atoms with Crippen LogP contribution in [-0.2, 0) is 0 Å². The minimum absolute atomic E-state index is 0.153. The van der Waals surface area contributed by atoms with Crippen LogP contribution in [0.3, 0.4) is 0 Å². The van der Waals surface area contributed by atoms with Gasteiger partial charge >= 0.3 is 0 Å². The molecule has 1 saturated carbocycles. The molecule has 3 heteroatoms. The quantitative estimate of drug-likeness (QED) is 0.562. The Labute approximate surface area is 171 Å². The third-order valence-corrected chi connectivity index (χ3v) is 5.56. The zero-order valence-electron chi connectivity index (χ0n) is 15.6. The average Bonchev–Trinajstić information content (AvgIpc) is 2.74. The Morgan fingerprint density at radius 3 is 2.29 bits per heavy atom. The summed E-state index contributed by atoms with van der Waals surface area (Å²) in [6.45, 7) is 0. The highest BCUT2D eigenvalue weighted by Crippen LogP contribution is 2.32. The van der Waals surface area contributed by atoms with Crippen molar-refractivity contribution in [3.63, 3.8) is 0 Å². The van der Waals surface area contributed by atoms with Gasteiger partial charge in [-0.15, -0.1) is 0 Å². The largest absolute Gasteiger partial charge is 0.393 e. The van der Waals surface area contributed by atoms with Gasteiger partial charge in [0.2, 0.25) is 0 Å².